The summed E-state index contributed by atoms with van der Waals surface area (Å²) in [4.78, 5) is 74.9. The van der Waals surface area contributed by atoms with Crippen LogP contribution in [0.25, 0.3) is 22.1 Å². The second-order valence-corrected chi connectivity index (χ2v) is 20.4. The number of carbonyl (C=O) groups is 2. The van der Waals surface area contributed by atoms with Gasteiger partial charge in [-0.1, -0.05) is 42.7 Å². The molecule has 0 spiro atoms. The van der Waals surface area contributed by atoms with Crippen molar-refractivity contribution in [3.8, 4) is 23.7 Å². The van der Waals surface area contributed by atoms with E-state index in [0.29, 0.717) is 34.5 Å². The van der Waals surface area contributed by atoms with Crippen molar-refractivity contribution in [1.29, 1.82) is 0 Å². The zero-order valence-electron chi connectivity index (χ0n) is 48.5. The number of aromatic amines is 1. The van der Waals surface area contributed by atoms with Crippen LogP contribution in [0.3, 0.4) is 0 Å². The second-order valence-electron chi connectivity index (χ2n) is 20.4. The lowest BCUT2D eigenvalue weighted by atomic mass is 10.1. The number of halogens is 4. The van der Waals surface area contributed by atoms with E-state index in [-0.39, 0.29) is 30.8 Å². The van der Waals surface area contributed by atoms with E-state index < -0.39 is 46.2 Å². The van der Waals surface area contributed by atoms with Gasteiger partial charge in [-0.05, 0) is 122 Å². The summed E-state index contributed by atoms with van der Waals surface area (Å²) < 4.78 is 62.7. The van der Waals surface area contributed by atoms with Crippen LogP contribution in [0.5, 0.6) is 0 Å². The summed E-state index contributed by atoms with van der Waals surface area (Å²) in [5.74, 6) is 8.67. The van der Waals surface area contributed by atoms with E-state index >= 15 is 0 Å². The SMILES string of the molecule is CCc1ccc(F)c(F)c1.COCCN1CCC(Nc2cnc3ccc(C#CCNC(=O)c4ccc[nH]c4=O)cc3n2)CC1.COCCN1CCC(Nc2cnc3ccc(C#CCNC(=O)c4ccnn(Cc5ccc(F)c(F)c5)c4=O)cc3n2)CC1. The van der Waals surface area contributed by atoms with E-state index in [0.717, 1.165) is 141 Å². The van der Waals surface area contributed by atoms with Gasteiger partial charge in [0.2, 0.25) is 0 Å². The Bertz CT molecular complexity index is 3900. The molecule has 2 aliphatic heterocycles. The molecule has 4 aromatic carbocycles. The van der Waals surface area contributed by atoms with Gasteiger partial charge >= 0.3 is 0 Å². The van der Waals surface area contributed by atoms with Crippen molar-refractivity contribution in [2.75, 3.05) is 90.4 Å². The van der Waals surface area contributed by atoms with Crippen LogP contribution >= 0.6 is 0 Å². The second kappa shape index (κ2) is 32.2. The monoisotopic (exact) mass is 1190 g/mol. The molecule has 19 nitrogen and oxygen atoms in total. The predicted molar refractivity (Wildman–Crippen MR) is 324 cm³/mol. The summed E-state index contributed by atoms with van der Waals surface area (Å²) in [6.45, 7) is 9.41. The summed E-state index contributed by atoms with van der Waals surface area (Å²) in [6.07, 6.45) is 11.2. The lowest BCUT2D eigenvalue weighted by Gasteiger charge is -2.32. The molecule has 8 aromatic rings. The van der Waals surface area contributed by atoms with E-state index in [9.17, 15) is 36.7 Å². The summed E-state index contributed by atoms with van der Waals surface area (Å²) in [5, 5.41) is 16.2. The van der Waals surface area contributed by atoms with E-state index in [2.05, 4.69) is 74.8 Å². The number of hydrogen-bond donors (Lipinski definition) is 5. The molecule has 6 heterocycles. The Morgan fingerprint density at radius 1 is 0.621 bits per heavy atom. The fourth-order valence-corrected chi connectivity index (χ4v) is 9.42. The molecule has 23 heteroatoms. The molecule has 4 aromatic heterocycles. The lowest BCUT2D eigenvalue weighted by molar-refractivity contribution is 0.0948. The fraction of sp³-hybridized carbons (Fsp3) is 0.328. The molecule has 0 atom stereocenters. The first-order chi connectivity index (χ1) is 42.2. The Balaban J connectivity index is 0.000000198. The number of rotatable bonds is 17. The predicted octanol–water partition coefficient (Wildman–Crippen LogP) is 6.97. The fourth-order valence-electron chi connectivity index (χ4n) is 9.42. The third kappa shape index (κ3) is 19.1. The Morgan fingerprint density at radius 3 is 1.62 bits per heavy atom. The quantitative estimate of drug-likeness (QED) is 0.0459. The number of amides is 2. The van der Waals surface area contributed by atoms with Gasteiger partial charge in [-0.3, -0.25) is 29.1 Å². The van der Waals surface area contributed by atoms with Crippen molar-refractivity contribution in [2.24, 2.45) is 0 Å². The van der Waals surface area contributed by atoms with Gasteiger partial charge in [0.05, 0.1) is 67.3 Å². The van der Waals surface area contributed by atoms with Gasteiger partial charge in [-0.15, -0.1) is 0 Å². The molecule has 0 radical (unpaired) electrons. The maximum atomic E-state index is 13.5. The van der Waals surface area contributed by atoms with Crippen LogP contribution in [-0.2, 0) is 22.4 Å². The molecule has 2 aliphatic rings. The molecular formula is C64H67F4N13O6. The molecule has 0 bridgehead atoms. The zero-order valence-corrected chi connectivity index (χ0v) is 48.5. The van der Waals surface area contributed by atoms with Crippen molar-refractivity contribution in [3.63, 3.8) is 0 Å². The Morgan fingerprint density at radius 2 is 1.13 bits per heavy atom. The maximum absolute atomic E-state index is 13.5. The first kappa shape index (κ1) is 63.6. The highest BCUT2D eigenvalue weighted by atomic mass is 19.2. The molecular weight excluding hydrogens is 1120 g/mol. The van der Waals surface area contributed by atoms with E-state index in [1.54, 1.807) is 38.7 Å². The van der Waals surface area contributed by atoms with Gasteiger partial charge in [0, 0.05) is 89.1 Å². The summed E-state index contributed by atoms with van der Waals surface area (Å²) in [6, 6.07) is 23.5. The van der Waals surface area contributed by atoms with Crippen molar-refractivity contribution in [3.05, 3.63) is 193 Å². The number of aryl methyl sites for hydroxylation is 1. The minimum absolute atomic E-state index is 0.00183. The normalized spacial score (nSPS) is 13.6. The number of fused-ring (bicyclic) bond motifs is 2. The van der Waals surface area contributed by atoms with Crippen LogP contribution < -0.4 is 32.4 Å². The topological polar surface area (TPSA) is 227 Å². The average Bonchev–Trinajstić information content (AvgIpc) is 2.85. The molecule has 2 saturated heterocycles. The minimum Gasteiger partial charge on any atom is -0.383 e. The highest BCUT2D eigenvalue weighted by Crippen LogP contribution is 2.21. The van der Waals surface area contributed by atoms with Gasteiger partial charge in [0.15, 0.2) is 23.3 Å². The highest BCUT2D eigenvalue weighted by molar-refractivity contribution is 5.94. The minimum atomic E-state index is -1.03. The van der Waals surface area contributed by atoms with Crippen LogP contribution in [0, 0.1) is 47.0 Å². The van der Waals surface area contributed by atoms with Crippen LogP contribution in [0.4, 0.5) is 29.2 Å². The molecule has 0 aliphatic carbocycles. The number of benzene rings is 4. The van der Waals surface area contributed by atoms with E-state index in [1.807, 2.05) is 43.3 Å². The van der Waals surface area contributed by atoms with Crippen LogP contribution in [0.15, 0.2) is 125 Å². The summed E-state index contributed by atoms with van der Waals surface area (Å²) in [5.41, 5.74) is 4.47. The Kier molecular flexibility index (Phi) is 23.6. The van der Waals surface area contributed by atoms with E-state index in [1.165, 1.54) is 36.7 Å². The van der Waals surface area contributed by atoms with Crippen LogP contribution in [-0.4, -0.2) is 148 Å². The third-order valence-electron chi connectivity index (χ3n) is 14.3. The molecule has 2 amide bonds. The van der Waals surface area contributed by atoms with Crippen molar-refractivity contribution >= 4 is 45.5 Å². The Labute approximate surface area is 500 Å². The average molecular weight is 1190 g/mol. The number of pyridine rings is 1. The first-order valence-corrected chi connectivity index (χ1v) is 28.4. The number of piperidine rings is 2. The van der Waals surface area contributed by atoms with Crippen molar-refractivity contribution < 1.29 is 36.6 Å². The number of anilines is 2. The van der Waals surface area contributed by atoms with Gasteiger partial charge in [0.25, 0.3) is 22.9 Å². The molecule has 87 heavy (non-hydrogen) atoms. The number of methoxy groups -OCH3 is 2. The molecule has 452 valence electrons. The van der Waals surface area contributed by atoms with E-state index in [4.69, 9.17) is 19.4 Å². The number of hydrogen-bond acceptors (Lipinski definition) is 15. The first-order valence-electron chi connectivity index (χ1n) is 28.4. The van der Waals surface area contributed by atoms with Gasteiger partial charge in [-0.25, -0.2) is 32.2 Å². The smallest absolute Gasteiger partial charge is 0.279 e. The number of nitrogens with one attached hydrogen (secondary N) is 5. The van der Waals surface area contributed by atoms with Crippen LogP contribution in [0.1, 0.15) is 75.6 Å². The summed E-state index contributed by atoms with van der Waals surface area (Å²) >= 11 is 0. The summed E-state index contributed by atoms with van der Waals surface area (Å²) in [7, 11) is 3.45. The molecule has 0 unspecified atom stereocenters. The molecule has 2 fully saturated rings. The largest absolute Gasteiger partial charge is 0.383 e. The Hall–Kier alpha value is -9.39. The number of carbonyl (C=O) groups excluding carboxylic acids is 2. The molecule has 5 N–H and O–H groups in total. The van der Waals surface area contributed by atoms with Crippen molar-refractivity contribution in [2.45, 2.75) is 57.7 Å². The number of nitrogens with zero attached hydrogens (tertiary/aromatic N) is 8. The molecule has 0 saturated carbocycles. The highest BCUT2D eigenvalue weighted by Gasteiger charge is 2.21. The van der Waals surface area contributed by atoms with Crippen LogP contribution in [0.2, 0.25) is 0 Å². The number of aromatic nitrogens is 7. The van der Waals surface area contributed by atoms with Crippen molar-refractivity contribution in [1.82, 2.24) is 55.1 Å². The van der Waals surface area contributed by atoms with Gasteiger partial charge < -0.3 is 45.5 Å². The van der Waals surface area contributed by atoms with Gasteiger partial charge in [0.1, 0.15) is 22.8 Å². The zero-order chi connectivity index (χ0) is 61.5. The number of likely N-dealkylation sites (tertiary alicyclic amines) is 2. The maximum Gasteiger partial charge on any atom is 0.279 e. The van der Waals surface area contributed by atoms with Gasteiger partial charge in [-0.2, -0.15) is 5.10 Å². The third-order valence-corrected chi connectivity index (χ3v) is 14.3. The standard InChI is InChI=1S/C31H31F2N7O3.C25H28N6O3.C8H8F2/c1-43-16-15-39-13-9-23(10-14-39)37-29-19-35-27-7-5-21(18-28(27)38-29)3-2-11-34-30(41)24-8-12-36-40(31(24)42)20-22-4-6-25(32)26(33)17-22;1-34-15-14-31-12-8-19(9-13-31)29-23-17-28-21-7-6-18(16-22(21)30-23)4-2-10-26-24(32)20-5-3-11-27-25(20)33;1-2-6-3-4-7(9)8(10)5-6/h4-8,12,17-19,23H,9-11,13-16,20H2,1H3,(H,34,41)(H,37,38);3,5-7,11,16-17,19H,8-10,12-15H2,1H3,(H,26,32)(H,27,33)(H,29,30);3-5H,2H2,1H3. The number of ether oxygens (including phenoxy) is 2. The number of H-pyrrole nitrogens is 1. The lowest BCUT2D eigenvalue weighted by Crippen LogP contribution is -2.40. The molecule has 10 rings (SSSR count).